The fraction of sp³-hybridized carbons (Fsp3) is 0.176. The summed E-state index contributed by atoms with van der Waals surface area (Å²) in [6, 6.07) is 10.6. The Morgan fingerprint density at radius 3 is 2.35 bits per heavy atom. The van der Waals surface area contributed by atoms with Gasteiger partial charge < -0.3 is 5.11 Å². The number of hydrogen-bond donors (Lipinski definition) is 2. The van der Waals surface area contributed by atoms with Crippen molar-refractivity contribution in [2.45, 2.75) is 24.3 Å². The monoisotopic (exact) mass is 415 g/mol. The minimum Gasteiger partial charge on any atom is -0.481 e. The lowest BCUT2D eigenvalue weighted by Gasteiger charge is -2.11. The van der Waals surface area contributed by atoms with Crippen LogP contribution in [0.1, 0.15) is 28.8 Å². The van der Waals surface area contributed by atoms with E-state index in [4.69, 9.17) is 28.3 Å². The van der Waals surface area contributed by atoms with E-state index in [-0.39, 0.29) is 34.9 Å². The first-order valence-corrected chi connectivity index (χ1v) is 9.72. The zero-order valence-corrected chi connectivity index (χ0v) is 15.7. The molecule has 2 N–H and O–H groups in total. The Bertz CT molecular complexity index is 944. The lowest BCUT2D eigenvalue weighted by molar-refractivity contribution is -0.136. The van der Waals surface area contributed by atoms with Gasteiger partial charge in [0.25, 0.3) is 0 Å². The summed E-state index contributed by atoms with van der Waals surface area (Å²) >= 11 is 12.0. The fourth-order valence-corrected chi connectivity index (χ4v) is 3.87. The molecule has 0 spiro atoms. The van der Waals surface area contributed by atoms with E-state index < -0.39 is 21.8 Å². The number of ketones is 1. The summed E-state index contributed by atoms with van der Waals surface area (Å²) in [5, 5.41) is 9.01. The molecule has 0 unspecified atom stereocenters. The van der Waals surface area contributed by atoms with Crippen LogP contribution in [-0.4, -0.2) is 25.3 Å². The van der Waals surface area contributed by atoms with Crippen molar-refractivity contribution in [3.8, 4) is 0 Å². The zero-order valence-electron chi connectivity index (χ0n) is 13.4. The third-order valence-corrected chi connectivity index (χ3v) is 5.77. The maximum atomic E-state index is 12.5. The topological polar surface area (TPSA) is 101 Å². The molecule has 9 heteroatoms. The molecule has 26 heavy (non-hydrogen) atoms. The molecule has 2 aromatic carbocycles. The average molecular weight is 416 g/mol. The number of halogens is 2. The number of carbonyl (C=O) groups excluding carboxylic acids is 1. The van der Waals surface area contributed by atoms with Crippen LogP contribution in [0.2, 0.25) is 10.0 Å². The van der Waals surface area contributed by atoms with Crippen molar-refractivity contribution in [3.63, 3.8) is 0 Å². The van der Waals surface area contributed by atoms with Crippen LogP contribution in [0.15, 0.2) is 47.4 Å². The molecule has 0 amide bonds. The normalized spacial score (nSPS) is 11.3. The quantitative estimate of drug-likeness (QED) is 0.642. The minimum absolute atomic E-state index is 0.0461. The van der Waals surface area contributed by atoms with E-state index in [1.165, 1.54) is 12.1 Å². The Hall–Kier alpha value is -1.93. The van der Waals surface area contributed by atoms with Gasteiger partial charge in [-0.15, -0.1) is 0 Å². The van der Waals surface area contributed by atoms with Gasteiger partial charge in [0.1, 0.15) is 4.90 Å². The largest absolute Gasteiger partial charge is 0.481 e. The molecule has 138 valence electrons. The second-order valence-electron chi connectivity index (χ2n) is 5.38. The molecule has 0 aromatic heterocycles. The highest BCUT2D eigenvalue weighted by Gasteiger charge is 2.20. The Morgan fingerprint density at radius 2 is 1.69 bits per heavy atom. The van der Waals surface area contributed by atoms with Crippen LogP contribution in [0.5, 0.6) is 0 Å². The number of sulfonamides is 1. The summed E-state index contributed by atoms with van der Waals surface area (Å²) in [6.07, 6.45) is -0.572. The maximum Gasteiger partial charge on any atom is 0.303 e. The fourth-order valence-electron chi connectivity index (χ4n) is 2.14. The number of carboxylic acids is 1. The highest BCUT2D eigenvalue weighted by Crippen LogP contribution is 2.24. The molecule has 2 aromatic rings. The maximum absolute atomic E-state index is 12.5. The Balaban J connectivity index is 2.22. The van der Waals surface area contributed by atoms with Crippen molar-refractivity contribution in [3.05, 3.63) is 63.6 Å². The van der Waals surface area contributed by atoms with Gasteiger partial charge >= 0.3 is 5.97 Å². The SMILES string of the molecule is O=C(O)CCC(=O)c1ccc(Cl)c(S(=O)(=O)NCc2ccccc2Cl)c1. The lowest BCUT2D eigenvalue weighted by atomic mass is 10.1. The summed E-state index contributed by atoms with van der Waals surface area (Å²) in [5.41, 5.74) is 0.663. The zero-order chi connectivity index (χ0) is 19.3. The molecule has 0 aliphatic rings. The standard InChI is InChI=1S/C17H15Cl2NO5S/c18-13-4-2-1-3-12(13)10-20-26(24,25)16-9-11(5-6-14(16)19)15(21)7-8-17(22)23/h1-6,9,20H,7-8,10H2,(H,22,23). The Kier molecular flexibility index (Phi) is 6.77. The molecule has 0 atom stereocenters. The lowest BCUT2D eigenvalue weighted by Crippen LogP contribution is -2.24. The van der Waals surface area contributed by atoms with Crippen LogP contribution in [0.3, 0.4) is 0 Å². The molecule has 0 aliphatic carbocycles. The molecule has 0 bridgehead atoms. The Morgan fingerprint density at radius 1 is 1.00 bits per heavy atom. The second-order valence-corrected chi connectivity index (χ2v) is 7.93. The number of hydrogen-bond acceptors (Lipinski definition) is 4. The van der Waals surface area contributed by atoms with Gasteiger partial charge in [-0.25, -0.2) is 13.1 Å². The number of Topliss-reactive ketones (excluding diaryl/α,β-unsaturated/α-hetero) is 1. The number of carbonyl (C=O) groups is 2. The summed E-state index contributed by atoms with van der Waals surface area (Å²) in [7, 11) is -4.00. The Labute approximate surface area is 160 Å². The van der Waals surface area contributed by atoms with Crippen LogP contribution in [0, 0.1) is 0 Å². The number of aliphatic carboxylic acids is 1. The van der Waals surface area contributed by atoms with E-state index >= 15 is 0 Å². The van der Waals surface area contributed by atoms with Gasteiger partial charge in [-0.2, -0.15) is 0 Å². The molecule has 0 aliphatic heterocycles. The van der Waals surface area contributed by atoms with Crippen LogP contribution in [0.25, 0.3) is 0 Å². The first-order valence-electron chi connectivity index (χ1n) is 7.48. The molecular formula is C17H15Cl2NO5S. The number of nitrogens with one attached hydrogen (secondary N) is 1. The van der Waals surface area contributed by atoms with Gasteiger partial charge in [0, 0.05) is 23.6 Å². The van der Waals surface area contributed by atoms with Crippen molar-refractivity contribution in [1.82, 2.24) is 4.72 Å². The summed E-state index contributed by atoms with van der Waals surface area (Å²) < 4.78 is 27.5. The molecule has 0 heterocycles. The van der Waals surface area contributed by atoms with Crippen molar-refractivity contribution < 1.29 is 23.1 Å². The predicted molar refractivity (Wildman–Crippen MR) is 98.1 cm³/mol. The summed E-state index contributed by atoms with van der Waals surface area (Å²) in [4.78, 5) is 22.3. The van der Waals surface area contributed by atoms with Crippen LogP contribution < -0.4 is 4.72 Å². The first-order chi connectivity index (χ1) is 12.2. The van der Waals surface area contributed by atoms with Crippen LogP contribution in [-0.2, 0) is 21.4 Å². The molecule has 0 radical (unpaired) electrons. The summed E-state index contributed by atoms with van der Waals surface area (Å²) in [5.74, 6) is -1.59. The van der Waals surface area contributed by atoms with Gasteiger partial charge in [-0.1, -0.05) is 41.4 Å². The first kappa shape index (κ1) is 20.4. The second kappa shape index (κ2) is 8.64. The average Bonchev–Trinajstić information content (AvgIpc) is 2.59. The van der Waals surface area contributed by atoms with Crippen molar-refractivity contribution in [2.24, 2.45) is 0 Å². The van der Waals surface area contributed by atoms with E-state index in [2.05, 4.69) is 4.72 Å². The van der Waals surface area contributed by atoms with Gasteiger partial charge in [-0.05, 0) is 29.8 Å². The van der Waals surface area contributed by atoms with Gasteiger partial charge in [-0.3, -0.25) is 9.59 Å². The van der Waals surface area contributed by atoms with Gasteiger partial charge in [0.2, 0.25) is 10.0 Å². The third-order valence-electron chi connectivity index (χ3n) is 3.52. The number of benzene rings is 2. The van der Waals surface area contributed by atoms with Crippen molar-refractivity contribution >= 4 is 45.0 Å². The van der Waals surface area contributed by atoms with Crippen LogP contribution >= 0.6 is 23.2 Å². The minimum atomic E-state index is -4.00. The van der Waals surface area contributed by atoms with E-state index in [9.17, 15) is 18.0 Å². The summed E-state index contributed by atoms with van der Waals surface area (Å²) in [6.45, 7) is -0.0461. The molecular weight excluding hydrogens is 401 g/mol. The molecule has 6 nitrogen and oxygen atoms in total. The molecule has 0 saturated carbocycles. The number of carboxylic acid groups (broad SMARTS) is 1. The van der Waals surface area contributed by atoms with Crippen molar-refractivity contribution in [2.75, 3.05) is 0 Å². The van der Waals surface area contributed by atoms with Gasteiger partial charge in [0.15, 0.2) is 5.78 Å². The molecule has 0 fully saturated rings. The van der Waals surface area contributed by atoms with Crippen LogP contribution in [0.4, 0.5) is 0 Å². The highest BCUT2D eigenvalue weighted by atomic mass is 35.5. The highest BCUT2D eigenvalue weighted by molar-refractivity contribution is 7.89. The molecule has 0 saturated heterocycles. The smallest absolute Gasteiger partial charge is 0.303 e. The molecule has 2 rings (SSSR count). The van der Waals surface area contributed by atoms with E-state index in [1.54, 1.807) is 24.3 Å². The van der Waals surface area contributed by atoms with Crippen molar-refractivity contribution in [1.29, 1.82) is 0 Å². The van der Waals surface area contributed by atoms with Gasteiger partial charge in [0.05, 0.1) is 11.4 Å². The van der Waals surface area contributed by atoms with E-state index in [0.717, 1.165) is 6.07 Å². The third kappa shape index (κ3) is 5.28. The predicted octanol–water partition coefficient (Wildman–Crippen LogP) is 3.52. The van der Waals surface area contributed by atoms with E-state index in [0.29, 0.717) is 10.6 Å². The van der Waals surface area contributed by atoms with E-state index in [1.807, 2.05) is 0 Å². The number of rotatable bonds is 8.